The zero-order valence-corrected chi connectivity index (χ0v) is 12.6. The molecule has 1 aromatic rings. The van der Waals surface area contributed by atoms with Gasteiger partial charge in [-0.05, 0) is 31.2 Å². The third-order valence-electron chi connectivity index (χ3n) is 3.26. The van der Waals surface area contributed by atoms with E-state index in [1.54, 1.807) is 0 Å². The van der Waals surface area contributed by atoms with Crippen LogP contribution in [0.3, 0.4) is 0 Å². The van der Waals surface area contributed by atoms with Crippen molar-refractivity contribution in [3.63, 3.8) is 0 Å². The van der Waals surface area contributed by atoms with Gasteiger partial charge in [0.2, 0.25) is 5.91 Å². The van der Waals surface area contributed by atoms with Crippen LogP contribution in [0.5, 0.6) is 5.75 Å². The molecule has 0 aliphatic carbocycles. The second-order valence-electron chi connectivity index (χ2n) is 4.85. The van der Waals surface area contributed by atoms with Crippen molar-refractivity contribution >= 4 is 18.3 Å². The summed E-state index contributed by atoms with van der Waals surface area (Å²) in [6.07, 6.45) is -3.58. The Hall–Kier alpha value is -1.47. The highest BCUT2D eigenvalue weighted by Crippen LogP contribution is 2.31. The van der Waals surface area contributed by atoms with Gasteiger partial charge in [0.15, 0.2) is 0 Å². The standard InChI is InChI=1S/C14H17F3N2O2.ClH/c15-14(16,17)11-2-1-3-12(8-11)21-7-6-19-13(20)10-4-5-18-9-10;/h1-3,8,10,18H,4-7,9H2,(H,19,20);1H. The molecule has 1 aliphatic heterocycles. The van der Waals surface area contributed by atoms with E-state index in [0.717, 1.165) is 25.1 Å². The van der Waals surface area contributed by atoms with Crippen molar-refractivity contribution in [2.75, 3.05) is 26.2 Å². The summed E-state index contributed by atoms with van der Waals surface area (Å²) in [5.41, 5.74) is -0.749. The van der Waals surface area contributed by atoms with E-state index in [-0.39, 0.29) is 43.1 Å². The SMILES string of the molecule is Cl.O=C(NCCOc1cccc(C(F)(F)F)c1)C1CCNC1. The fourth-order valence-electron chi connectivity index (χ4n) is 2.13. The van der Waals surface area contributed by atoms with Crippen LogP contribution in [0, 0.1) is 5.92 Å². The fourth-order valence-corrected chi connectivity index (χ4v) is 2.13. The zero-order valence-electron chi connectivity index (χ0n) is 11.8. The highest BCUT2D eigenvalue weighted by molar-refractivity contribution is 5.85. The Labute approximate surface area is 132 Å². The van der Waals surface area contributed by atoms with Gasteiger partial charge in [0.05, 0.1) is 18.0 Å². The number of hydrogen-bond donors (Lipinski definition) is 2. The number of rotatable bonds is 5. The van der Waals surface area contributed by atoms with E-state index in [4.69, 9.17) is 4.74 Å². The summed E-state index contributed by atoms with van der Waals surface area (Å²) in [6, 6.07) is 4.68. The van der Waals surface area contributed by atoms with E-state index in [9.17, 15) is 18.0 Å². The quantitative estimate of drug-likeness (QED) is 0.810. The predicted octanol–water partition coefficient (Wildman–Crippen LogP) is 2.23. The number of ether oxygens (including phenoxy) is 1. The number of halogens is 4. The summed E-state index contributed by atoms with van der Waals surface area (Å²) in [5.74, 6) is 0.0628. The Bertz CT molecular complexity index is 491. The van der Waals surface area contributed by atoms with Gasteiger partial charge in [0, 0.05) is 6.54 Å². The average Bonchev–Trinajstić information content (AvgIpc) is 2.97. The van der Waals surface area contributed by atoms with Crippen molar-refractivity contribution in [3.8, 4) is 5.75 Å². The third-order valence-corrected chi connectivity index (χ3v) is 3.26. The second kappa shape index (κ2) is 8.24. The number of alkyl halides is 3. The molecule has 1 atom stereocenters. The molecule has 8 heteroatoms. The first-order chi connectivity index (χ1) is 9.97. The van der Waals surface area contributed by atoms with Crippen LogP contribution >= 0.6 is 12.4 Å². The molecule has 124 valence electrons. The lowest BCUT2D eigenvalue weighted by Crippen LogP contribution is -2.34. The molecule has 0 bridgehead atoms. The number of amides is 1. The first kappa shape index (κ1) is 18.6. The summed E-state index contributed by atoms with van der Waals surface area (Å²) in [5, 5.41) is 5.80. The monoisotopic (exact) mass is 338 g/mol. The molecular weight excluding hydrogens is 321 g/mol. The maximum absolute atomic E-state index is 12.5. The first-order valence-corrected chi connectivity index (χ1v) is 6.75. The summed E-state index contributed by atoms with van der Waals surface area (Å²) < 4.78 is 42.8. The average molecular weight is 339 g/mol. The Morgan fingerprint density at radius 2 is 2.18 bits per heavy atom. The molecular formula is C14H18ClF3N2O2. The second-order valence-corrected chi connectivity index (χ2v) is 4.85. The van der Waals surface area contributed by atoms with Crippen LogP contribution in [-0.4, -0.2) is 32.1 Å². The highest BCUT2D eigenvalue weighted by atomic mass is 35.5. The number of benzene rings is 1. The van der Waals surface area contributed by atoms with Crippen LogP contribution in [0.4, 0.5) is 13.2 Å². The molecule has 2 rings (SSSR count). The molecule has 1 heterocycles. The largest absolute Gasteiger partial charge is 0.492 e. The van der Waals surface area contributed by atoms with Gasteiger partial charge in [0.25, 0.3) is 0 Å². The molecule has 0 radical (unpaired) electrons. The summed E-state index contributed by atoms with van der Waals surface area (Å²) >= 11 is 0. The lowest BCUT2D eigenvalue weighted by Gasteiger charge is -2.12. The van der Waals surface area contributed by atoms with E-state index < -0.39 is 11.7 Å². The van der Waals surface area contributed by atoms with Crippen LogP contribution < -0.4 is 15.4 Å². The van der Waals surface area contributed by atoms with Crippen molar-refractivity contribution in [3.05, 3.63) is 29.8 Å². The Morgan fingerprint density at radius 3 is 2.82 bits per heavy atom. The molecule has 0 aromatic heterocycles. The molecule has 1 aliphatic rings. The van der Waals surface area contributed by atoms with E-state index in [1.807, 2.05) is 0 Å². The predicted molar refractivity (Wildman–Crippen MR) is 78.2 cm³/mol. The van der Waals surface area contributed by atoms with Gasteiger partial charge in [-0.3, -0.25) is 4.79 Å². The normalized spacial score (nSPS) is 17.7. The van der Waals surface area contributed by atoms with E-state index in [2.05, 4.69) is 10.6 Å². The van der Waals surface area contributed by atoms with Crippen LogP contribution in [-0.2, 0) is 11.0 Å². The zero-order chi connectivity index (χ0) is 15.3. The first-order valence-electron chi connectivity index (χ1n) is 6.75. The van der Waals surface area contributed by atoms with Gasteiger partial charge in [-0.15, -0.1) is 12.4 Å². The van der Waals surface area contributed by atoms with Gasteiger partial charge < -0.3 is 15.4 Å². The highest BCUT2D eigenvalue weighted by Gasteiger charge is 2.30. The molecule has 4 nitrogen and oxygen atoms in total. The Balaban J connectivity index is 0.00000242. The lowest BCUT2D eigenvalue weighted by molar-refractivity contribution is -0.137. The van der Waals surface area contributed by atoms with Crippen molar-refractivity contribution in [1.29, 1.82) is 0 Å². The third kappa shape index (κ3) is 5.38. The Kier molecular flexibility index (Phi) is 6.96. The molecule has 1 saturated heterocycles. The minimum absolute atomic E-state index is 0. The summed E-state index contributed by atoms with van der Waals surface area (Å²) in [4.78, 5) is 11.7. The van der Waals surface area contributed by atoms with Gasteiger partial charge in [-0.1, -0.05) is 6.07 Å². The van der Waals surface area contributed by atoms with Crippen LogP contribution in [0.1, 0.15) is 12.0 Å². The lowest BCUT2D eigenvalue weighted by atomic mass is 10.1. The molecule has 0 saturated carbocycles. The van der Waals surface area contributed by atoms with Gasteiger partial charge in [0.1, 0.15) is 12.4 Å². The van der Waals surface area contributed by atoms with E-state index >= 15 is 0 Å². The molecule has 0 spiro atoms. The molecule has 1 aromatic carbocycles. The van der Waals surface area contributed by atoms with Gasteiger partial charge in [-0.25, -0.2) is 0 Å². The summed E-state index contributed by atoms with van der Waals surface area (Å²) in [7, 11) is 0. The maximum Gasteiger partial charge on any atom is 0.416 e. The van der Waals surface area contributed by atoms with E-state index in [1.165, 1.54) is 12.1 Å². The molecule has 22 heavy (non-hydrogen) atoms. The minimum Gasteiger partial charge on any atom is -0.492 e. The van der Waals surface area contributed by atoms with Crippen LogP contribution in [0.25, 0.3) is 0 Å². The molecule has 1 unspecified atom stereocenters. The fraction of sp³-hybridized carbons (Fsp3) is 0.500. The summed E-state index contributed by atoms with van der Waals surface area (Å²) in [6.45, 7) is 1.90. The smallest absolute Gasteiger partial charge is 0.416 e. The Morgan fingerprint density at radius 1 is 1.41 bits per heavy atom. The van der Waals surface area contributed by atoms with Crippen molar-refractivity contribution in [2.24, 2.45) is 5.92 Å². The number of nitrogens with one attached hydrogen (secondary N) is 2. The van der Waals surface area contributed by atoms with Crippen molar-refractivity contribution in [1.82, 2.24) is 10.6 Å². The maximum atomic E-state index is 12.5. The van der Waals surface area contributed by atoms with Gasteiger partial charge in [-0.2, -0.15) is 13.2 Å². The molecule has 1 fully saturated rings. The van der Waals surface area contributed by atoms with Gasteiger partial charge >= 0.3 is 6.18 Å². The van der Waals surface area contributed by atoms with Crippen molar-refractivity contribution in [2.45, 2.75) is 12.6 Å². The minimum atomic E-state index is -4.39. The number of carbonyl (C=O) groups is 1. The van der Waals surface area contributed by atoms with Crippen LogP contribution in [0.15, 0.2) is 24.3 Å². The van der Waals surface area contributed by atoms with Crippen molar-refractivity contribution < 1.29 is 22.7 Å². The van der Waals surface area contributed by atoms with Crippen LogP contribution in [0.2, 0.25) is 0 Å². The number of carbonyl (C=O) groups excluding carboxylic acids is 1. The molecule has 1 amide bonds. The molecule has 2 N–H and O–H groups in total. The topological polar surface area (TPSA) is 50.4 Å². The van der Waals surface area contributed by atoms with E-state index in [0.29, 0.717) is 6.54 Å². The number of hydrogen-bond acceptors (Lipinski definition) is 3.